The van der Waals surface area contributed by atoms with Gasteiger partial charge in [0.15, 0.2) is 5.78 Å². The third-order valence-corrected chi connectivity index (χ3v) is 3.65. The van der Waals surface area contributed by atoms with Crippen LogP contribution in [-0.4, -0.2) is 29.4 Å². The van der Waals surface area contributed by atoms with Crippen molar-refractivity contribution in [3.05, 3.63) is 66.2 Å². The second kappa shape index (κ2) is 8.13. The molecule has 0 bridgehead atoms. The zero-order valence-corrected chi connectivity index (χ0v) is 13.4. The van der Waals surface area contributed by atoms with E-state index in [1.165, 1.54) is 4.90 Å². The van der Waals surface area contributed by atoms with Crippen LogP contribution in [0.2, 0.25) is 0 Å². The lowest BCUT2D eigenvalue weighted by molar-refractivity contribution is 0.0801. The zero-order valence-electron chi connectivity index (χ0n) is 13.4. The number of carbonyl (C=O) groups is 2. The van der Waals surface area contributed by atoms with E-state index in [9.17, 15) is 9.59 Å². The van der Waals surface area contributed by atoms with Gasteiger partial charge in [-0.2, -0.15) is 0 Å². The van der Waals surface area contributed by atoms with Crippen LogP contribution in [0.15, 0.2) is 60.7 Å². The number of rotatable bonds is 6. The number of hydrogen-bond donors (Lipinski definition) is 0. The fourth-order valence-corrected chi connectivity index (χ4v) is 2.47. The second-order valence-electron chi connectivity index (χ2n) is 5.12. The summed E-state index contributed by atoms with van der Waals surface area (Å²) in [4.78, 5) is 26.6. The Balaban J connectivity index is 2.16. The Morgan fingerprint density at radius 1 is 0.957 bits per heavy atom. The highest BCUT2D eigenvalue weighted by atomic mass is 16.6. The van der Waals surface area contributed by atoms with Crippen molar-refractivity contribution >= 4 is 11.9 Å². The molecule has 0 N–H and O–H groups in total. The van der Waals surface area contributed by atoms with E-state index in [4.69, 9.17) is 4.74 Å². The van der Waals surface area contributed by atoms with E-state index in [0.717, 1.165) is 0 Å². The monoisotopic (exact) mass is 311 g/mol. The number of amides is 1. The summed E-state index contributed by atoms with van der Waals surface area (Å²) in [5, 5.41) is 0. The Morgan fingerprint density at radius 3 is 2.04 bits per heavy atom. The molecule has 4 nitrogen and oxygen atoms in total. The van der Waals surface area contributed by atoms with Gasteiger partial charge in [0, 0.05) is 12.1 Å². The van der Waals surface area contributed by atoms with Crippen LogP contribution >= 0.6 is 0 Å². The molecular weight excluding hydrogens is 290 g/mol. The highest BCUT2D eigenvalue weighted by molar-refractivity contribution is 6.01. The van der Waals surface area contributed by atoms with Crippen LogP contribution in [0.1, 0.15) is 30.6 Å². The van der Waals surface area contributed by atoms with E-state index in [0.29, 0.717) is 24.3 Å². The van der Waals surface area contributed by atoms with E-state index in [1.807, 2.05) is 38.1 Å². The number of para-hydroxylation sites is 1. The second-order valence-corrected chi connectivity index (χ2v) is 5.12. The smallest absolute Gasteiger partial charge is 0.410 e. The third-order valence-electron chi connectivity index (χ3n) is 3.65. The highest BCUT2D eigenvalue weighted by Crippen LogP contribution is 2.16. The molecule has 2 aromatic carbocycles. The summed E-state index contributed by atoms with van der Waals surface area (Å²) in [7, 11) is 0. The van der Waals surface area contributed by atoms with Crippen molar-refractivity contribution < 1.29 is 14.3 Å². The summed E-state index contributed by atoms with van der Waals surface area (Å²) in [5.74, 6) is 0.401. The van der Waals surface area contributed by atoms with Crippen LogP contribution in [0, 0.1) is 0 Å². The molecule has 0 radical (unpaired) electrons. The van der Waals surface area contributed by atoms with Gasteiger partial charge in [-0.05, 0) is 25.5 Å². The fourth-order valence-electron chi connectivity index (χ4n) is 2.47. The molecule has 1 amide bonds. The number of likely N-dealkylation sites (N-methyl/N-ethyl adjacent to an activating group) is 1. The van der Waals surface area contributed by atoms with E-state index in [2.05, 4.69) is 0 Å². The number of benzene rings is 2. The van der Waals surface area contributed by atoms with Crippen molar-refractivity contribution in [1.29, 1.82) is 0 Å². The van der Waals surface area contributed by atoms with Crippen LogP contribution in [0.4, 0.5) is 4.79 Å². The lowest BCUT2D eigenvalue weighted by Gasteiger charge is -2.28. The first-order valence-electron chi connectivity index (χ1n) is 7.80. The lowest BCUT2D eigenvalue weighted by atomic mass is 10.0. The molecule has 0 spiro atoms. The van der Waals surface area contributed by atoms with Gasteiger partial charge in [0.05, 0.1) is 6.04 Å². The van der Waals surface area contributed by atoms with E-state index < -0.39 is 12.1 Å². The predicted octanol–water partition coefficient (Wildman–Crippen LogP) is 4.17. The molecule has 1 atom stereocenters. The predicted molar refractivity (Wildman–Crippen MR) is 89.7 cm³/mol. The largest absolute Gasteiger partial charge is 0.415 e. The number of carbonyl (C=O) groups excluding carboxylic acids is 2. The van der Waals surface area contributed by atoms with Crippen molar-refractivity contribution in [1.82, 2.24) is 4.90 Å². The topological polar surface area (TPSA) is 46.6 Å². The maximum atomic E-state index is 12.7. The van der Waals surface area contributed by atoms with Gasteiger partial charge in [0.25, 0.3) is 0 Å². The highest BCUT2D eigenvalue weighted by Gasteiger charge is 2.29. The maximum Gasteiger partial charge on any atom is 0.415 e. The Kier molecular flexibility index (Phi) is 5.92. The first-order valence-corrected chi connectivity index (χ1v) is 7.80. The van der Waals surface area contributed by atoms with Crippen molar-refractivity contribution in [3.63, 3.8) is 0 Å². The summed E-state index contributed by atoms with van der Waals surface area (Å²) in [6.07, 6.45) is 0.0284. The molecule has 120 valence electrons. The summed E-state index contributed by atoms with van der Waals surface area (Å²) < 4.78 is 5.37. The fraction of sp³-hybridized carbons (Fsp3) is 0.263. The van der Waals surface area contributed by atoms with Gasteiger partial charge in [-0.1, -0.05) is 55.5 Å². The Bertz CT molecular complexity index is 640. The van der Waals surface area contributed by atoms with Crippen molar-refractivity contribution in [2.75, 3.05) is 6.54 Å². The van der Waals surface area contributed by atoms with Gasteiger partial charge in [-0.15, -0.1) is 0 Å². The van der Waals surface area contributed by atoms with Crippen molar-refractivity contribution in [2.24, 2.45) is 0 Å². The molecule has 0 aliphatic heterocycles. The summed E-state index contributed by atoms with van der Waals surface area (Å²) >= 11 is 0. The maximum absolute atomic E-state index is 12.7. The lowest BCUT2D eigenvalue weighted by Crippen LogP contribution is -2.46. The molecule has 0 fully saturated rings. The normalized spacial score (nSPS) is 11.6. The molecule has 0 saturated heterocycles. The van der Waals surface area contributed by atoms with Crippen LogP contribution in [0.5, 0.6) is 5.75 Å². The first kappa shape index (κ1) is 16.7. The minimum absolute atomic E-state index is 0.0695. The standard InChI is InChI=1S/C19H21NO3/c1-3-17(18(21)15-11-7-5-8-12-15)20(4-2)19(22)23-16-13-9-6-10-14-16/h5-14,17H,3-4H2,1-2H3. The zero-order chi connectivity index (χ0) is 16.7. The summed E-state index contributed by atoms with van der Waals surface area (Å²) in [6.45, 7) is 4.14. The number of hydrogen-bond acceptors (Lipinski definition) is 3. The Morgan fingerprint density at radius 2 is 1.52 bits per heavy atom. The number of nitrogens with zero attached hydrogens (tertiary/aromatic N) is 1. The summed E-state index contributed by atoms with van der Waals surface area (Å²) in [5.41, 5.74) is 0.602. The van der Waals surface area contributed by atoms with Crippen LogP contribution in [0.25, 0.3) is 0 Å². The Hall–Kier alpha value is -2.62. The van der Waals surface area contributed by atoms with E-state index >= 15 is 0 Å². The van der Waals surface area contributed by atoms with Crippen LogP contribution in [-0.2, 0) is 0 Å². The van der Waals surface area contributed by atoms with Gasteiger partial charge in [0.2, 0.25) is 0 Å². The van der Waals surface area contributed by atoms with Gasteiger partial charge in [-0.25, -0.2) is 4.79 Å². The minimum atomic E-state index is -0.529. The number of ketones is 1. The van der Waals surface area contributed by atoms with Crippen molar-refractivity contribution in [2.45, 2.75) is 26.3 Å². The minimum Gasteiger partial charge on any atom is -0.410 e. The van der Waals surface area contributed by atoms with Gasteiger partial charge >= 0.3 is 6.09 Å². The molecule has 0 saturated carbocycles. The van der Waals surface area contributed by atoms with Gasteiger partial charge in [0.1, 0.15) is 5.75 Å². The number of ether oxygens (including phenoxy) is 1. The molecule has 0 aromatic heterocycles. The SMILES string of the molecule is CCC(C(=O)c1ccccc1)N(CC)C(=O)Oc1ccccc1. The van der Waals surface area contributed by atoms with Crippen LogP contribution < -0.4 is 4.74 Å². The quantitative estimate of drug-likeness (QED) is 0.752. The molecule has 2 rings (SSSR count). The van der Waals surface area contributed by atoms with E-state index in [1.54, 1.807) is 36.4 Å². The third kappa shape index (κ3) is 4.19. The number of Topliss-reactive ketones (excluding diaryl/α,β-unsaturated/α-hetero) is 1. The molecule has 0 aliphatic rings. The van der Waals surface area contributed by atoms with E-state index in [-0.39, 0.29) is 5.78 Å². The average molecular weight is 311 g/mol. The first-order chi connectivity index (χ1) is 11.2. The Labute approximate surface area is 136 Å². The average Bonchev–Trinajstić information content (AvgIpc) is 2.60. The summed E-state index contributed by atoms with van der Waals surface area (Å²) in [6, 6.07) is 17.4. The molecule has 4 heteroatoms. The molecule has 1 unspecified atom stereocenters. The van der Waals surface area contributed by atoms with Crippen LogP contribution in [0.3, 0.4) is 0 Å². The molecule has 23 heavy (non-hydrogen) atoms. The van der Waals surface area contributed by atoms with Gasteiger partial charge in [-0.3, -0.25) is 9.69 Å². The van der Waals surface area contributed by atoms with Gasteiger partial charge < -0.3 is 4.74 Å². The molecule has 0 heterocycles. The molecule has 0 aliphatic carbocycles. The molecule has 2 aromatic rings. The molecular formula is C19H21NO3. The van der Waals surface area contributed by atoms with Crippen molar-refractivity contribution in [3.8, 4) is 5.75 Å².